The molecule has 83 valence electrons. The summed E-state index contributed by atoms with van der Waals surface area (Å²) in [5.41, 5.74) is 3.87. The van der Waals surface area contributed by atoms with Crippen molar-refractivity contribution in [3.63, 3.8) is 0 Å². The molecule has 0 spiro atoms. The number of aliphatic hydroxyl groups is 1. The maximum atomic E-state index is 9.23. The summed E-state index contributed by atoms with van der Waals surface area (Å²) in [6.45, 7) is 10.8. The van der Waals surface area contributed by atoms with Gasteiger partial charge >= 0.3 is 0 Å². The van der Waals surface area contributed by atoms with Gasteiger partial charge in [-0.25, -0.2) is 0 Å². The molecule has 0 heterocycles. The zero-order valence-corrected chi connectivity index (χ0v) is 10.4. The molecular weight excluding hydrogens is 184 g/mol. The second-order valence-corrected chi connectivity index (χ2v) is 5.24. The molecule has 0 aliphatic heterocycles. The summed E-state index contributed by atoms with van der Waals surface area (Å²) in [6.07, 6.45) is 0. The van der Waals surface area contributed by atoms with E-state index in [9.17, 15) is 5.11 Å². The monoisotopic (exact) mass is 205 g/mol. The Morgan fingerprint density at radius 2 is 1.87 bits per heavy atom. The first-order valence-corrected chi connectivity index (χ1v) is 5.41. The molecule has 15 heavy (non-hydrogen) atoms. The average Bonchev–Trinajstić information content (AvgIpc) is 2.14. The fourth-order valence-corrected chi connectivity index (χ4v) is 1.75. The smallest absolute Gasteiger partial charge is 0.0534 e. The van der Waals surface area contributed by atoms with Crippen LogP contribution in [-0.2, 0) is 5.41 Å². The van der Waals surface area contributed by atoms with E-state index in [0.29, 0.717) is 0 Å². The standard InChI is InChI=1S/C14H21O/c1-10-6-7-13(14(3,4)5)12(8-10)11(2)9-15/h6-8,15H,9H2,1-5H3. The molecule has 1 N–H and O–H groups in total. The van der Waals surface area contributed by atoms with Crippen molar-refractivity contribution in [1.82, 2.24) is 0 Å². The van der Waals surface area contributed by atoms with Crippen LogP contribution in [0.4, 0.5) is 0 Å². The van der Waals surface area contributed by atoms with Gasteiger partial charge in [0.2, 0.25) is 0 Å². The first-order valence-electron chi connectivity index (χ1n) is 5.41. The van der Waals surface area contributed by atoms with Crippen LogP contribution in [0.2, 0.25) is 0 Å². The Morgan fingerprint density at radius 3 is 2.33 bits per heavy atom. The third kappa shape index (κ3) is 2.82. The van der Waals surface area contributed by atoms with Crippen molar-refractivity contribution >= 4 is 0 Å². The van der Waals surface area contributed by atoms with E-state index in [1.165, 1.54) is 16.7 Å². The Labute approximate surface area is 93.1 Å². The summed E-state index contributed by atoms with van der Waals surface area (Å²) in [4.78, 5) is 0. The normalized spacial score (nSPS) is 12.2. The Balaban J connectivity index is 3.27. The van der Waals surface area contributed by atoms with Gasteiger partial charge in [-0.3, -0.25) is 0 Å². The highest BCUT2D eigenvalue weighted by Gasteiger charge is 2.20. The summed E-state index contributed by atoms with van der Waals surface area (Å²) in [5.74, 6) is 1.05. The Morgan fingerprint density at radius 1 is 1.27 bits per heavy atom. The van der Waals surface area contributed by atoms with Gasteiger partial charge in [0, 0.05) is 5.92 Å². The van der Waals surface area contributed by atoms with E-state index in [1.54, 1.807) is 0 Å². The molecule has 0 aromatic heterocycles. The van der Waals surface area contributed by atoms with Crippen LogP contribution in [0.3, 0.4) is 0 Å². The van der Waals surface area contributed by atoms with Crippen LogP contribution >= 0.6 is 0 Å². The second-order valence-electron chi connectivity index (χ2n) is 5.24. The van der Waals surface area contributed by atoms with Gasteiger partial charge in [-0.05, 0) is 23.5 Å². The molecule has 1 nitrogen and oxygen atoms in total. The van der Waals surface area contributed by atoms with Gasteiger partial charge in [-0.2, -0.15) is 0 Å². The van der Waals surface area contributed by atoms with Gasteiger partial charge in [0.05, 0.1) is 6.61 Å². The van der Waals surface area contributed by atoms with E-state index in [1.807, 2.05) is 6.92 Å². The number of benzene rings is 1. The van der Waals surface area contributed by atoms with Crippen LogP contribution < -0.4 is 0 Å². The lowest BCUT2D eigenvalue weighted by Gasteiger charge is -2.25. The summed E-state index contributed by atoms with van der Waals surface area (Å²) in [5, 5.41) is 9.23. The highest BCUT2D eigenvalue weighted by molar-refractivity contribution is 5.44. The van der Waals surface area contributed by atoms with Gasteiger partial charge in [0.1, 0.15) is 0 Å². The molecule has 0 aliphatic rings. The Hall–Kier alpha value is -0.820. The summed E-state index contributed by atoms with van der Waals surface area (Å²) in [6, 6.07) is 6.46. The van der Waals surface area contributed by atoms with Crippen LogP contribution in [0.1, 0.15) is 44.4 Å². The van der Waals surface area contributed by atoms with Crippen LogP contribution in [0.5, 0.6) is 0 Å². The number of aryl methyl sites for hydroxylation is 1. The Bertz CT molecular complexity index is 334. The van der Waals surface area contributed by atoms with Crippen molar-refractivity contribution in [3.8, 4) is 0 Å². The van der Waals surface area contributed by atoms with Crippen LogP contribution in [0, 0.1) is 12.8 Å². The predicted octanol–water partition coefficient (Wildman–Crippen LogP) is 3.23. The molecule has 0 unspecified atom stereocenters. The zero-order chi connectivity index (χ0) is 11.6. The molecule has 1 aromatic rings. The first-order chi connectivity index (χ1) is 6.86. The Kier molecular flexibility index (Phi) is 3.56. The van der Waals surface area contributed by atoms with Crippen molar-refractivity contribution in [3.05, 3.63) is 40.8 Å². The van der Waals surface area contributed by atoms with Gasteiger partial charge < -0.3 is 5.11 Å². The van der Waals surface area contributed by atoms with Crippen LogP contribution in [-0.4, -0.2) is 11.7 Å². The molecule has 0 aliphatic carbocycles. The highest BCUT2D eigenvalue weighted by atomic mass is 16.3. The molecule has 1 aromatic carbocycles. The van der Waals surface area contributed by atoms with E-state index in [-0.39, 0.29) is 12.0 Å². The van der Waals surface area contributed by atoms with Gasteiger partial charge in [-0.15, -0.1) is 0 Å². The number of hydrogen-bond acceptors (Lipinski definition) is 1. The van der Waals surface area contributed by atoms with Crippen molar-refractivity contribution in [2.45, 2.75) is 40.0 Å². The molecule has 0 bridgehead atoms. The first kappa shape index (κ1) is 12.3. The molecule has 0 fully saturated rings. The van der Waals surface area contributed by atoms with E-state index in [0.717, 1.165) is 5.92 Å². The minimum absolute atomic E-state index is 0.124. The van der Waals surface area contributed by atoms with Gasteiger partial charge in [0.25, 0.3) is 0 Å². The highest BCUT2D eigenvalue weighted by Crippen LogP contribution is 2.30. The maximum absolute atomic E-state index is 9.23. The third-order valence-electron chi connectivity index (χ3n) is 2.68. The van der Waals surface area contributed by atoms with E-state index in [2.05, 4.69) is 45.9 Å². The quantitative estimate of drug-likeness (QED) is 0.786. The van der Waals surface area contributed by atoms with Crippen LogP contribution in [0.15, 0.2) is 18.2 Å². The minimum Gasteiger partial charge on any atom is -0.395 e. The lowest BCUT2D eigenvalue weighted by atomic mass is 9.80. The summed E-state index contributed by atoms with van der Waals surface area (Å²) < 4.78 is 0. The second kappa shape index (κ2) is 4.36. The summed E-state index contributed by atoms with van der Waals surface area (Å²) >= 11 is 0. The topological polar surface area (TPSA) is 20.2 Å². The SMILES string of the molecule is C[C](CO)c1cc(C)ccc1C(C)(C)C. The summed E-state index contributed by atoms with van der Waals surface area (Å²) in [7, 11) is 0. The van der Waals surface area contributed by atoms with E-state index >= 15 is 0 Å². The molecule has 0 amide bonds. The van der Waals surface area contributed by atoms with Gasteiger partial charge in [-0.1, -0.05) is 51.5 Å². The number of aliphatic hydroxyl groups excluding tert-OH is 1. The fraction of sp³-hybridized carbons (Fsp3) is 0.500. The molecule has 1 heteroatoms. The maximum Gasteiger partial charge on any atom is 0.0534 e. The molecule has 0 atom stereocenters. The average molecular weight is 205 g/mol. The number of hydrogen-bond donors (Lipinski definition) is 1. The largest absolute Gasteiger partial charge is 0.395 e. The number of rotatable bonds is 2. The zero-order valence-electron chi connectivity index (χ0n) is 10.4. The van der Waals surface area contributed by atoms with Crippen molar-refractivity contribution in [2.75, 3.05) is 6.61 Å². The van der Waals surface area contributed by atoms with Crippen molar-refractivity contribution in [1.29, 1.82) is 0 Å². The lowest BCUT2D eigenvalue weighted by molar-refractivity contribution is 0.314. The van der Waals surface area contributed by atoms with E-state index < -0.39 is 0 Å². The lowest BCUT2D eigenvalue weighted by Crippen LogP contribution is -2.17. The predicted molar refractivity (Wildman–Crippen MR) is 65.0 cm³/mol. The fourth-order valence-electron chi connectivity index (χ4n) is 1.75. The van der Waals surface area contributed by atoms with Crippen LogP contribution in [0.25, 0.3) is 0 Å². The van der Waals surface area contributed by atoms with Gasteiger partial charge in [0.15, 0.2) is 0 Å². The van der Waals surface area contributed by atoms with Crippen molar-refractivity contribution in [2.24, 2.45) is 0 Å². The molecule has 0 saturated carbocycles. The molecule has 0 saturated heterocycles. The molecular formula is C14H21O. The van der Waals surface area contributed by atoms with Crippen molar-refractivity contribution < 1.29 is 5.11 Å². The minimum atomic E-state index is 0.124. The molecule has 1 rings (SSSR count). The third-order valence-corrected chi connectivity index (χ3v) is 2.68. The van der Waals surface area contributed by atoms with E-state index in [4.69, 9.17) is 0 Å². The molecule has 1 radical (unpaired) electrons.